The molecule has 0 spiro atoms. The number of benzene rings is 1. The van der Waals surface area contributed by atoms with Gasteiger partial charge < -0.3 is 15.9 Å². The van der Waals surface area contributed by atoms with Crippen LogP contribution in [0.2, 0.25) is 5.02 Å². The quantitative estimate of drug-likeness (QED) is 0.719. The van der Waals surface area contributed by atoms with E-state index in [0.29, 0.717) is 21.7 Å². The second-order valence-corrected chi connectivity index (χ2v) is 5.40. The van der Waals surface area contributed by atoms with Crippen LogP contribution in [-0.4, -0.2) is 33.7 Å². The summed E-state index contributed by atoms with van der Waals surface area (Å²) in [6.45, 7) is 0.159. The fraction of sp³-hybridized carbons (Fsp3) is 0.188. The Balaban J connectivity index is 0.00000288. The molecule has 0 aliphatic heterocycles. The van der Waals surface area contributed by atoms with Gasteiger partial charge in [0.25, 0.3) is 0 Å². The van der Waals surface area contributed by atoms with Gasteiger partial charge in [-0.15, -0.1) is 12.4 Å². The highest BCUT2D eigenvalue weighted by Crippen LogP contribution is 2.33. The van der Waals surface area contributed by atoms with Crippen LogP contribution in [0, 0.1) is 0 Å². The van der Waals surface area contributed by atoms with E-state index in [-0.39, 0.29) is 36.9 Å². The van der Waals surface area contributed by atoms with Gasteiger partial charge in [-0.2, -0.15) is 0 Å². The number of hydrogen-bond donors (Lipinski definition) is 3. The van der Waals surface area contributed by atoms with Crippen LogP contribution in [0.5, 0.6) is 0 Å². The van der Waals surface area contributed by atoms with E-state index < -0.39 is 11.9 Å². The highest BCUT2D eigenvalue weighted by Gasteiger charge is 2.18. The first-order chi connectivity index (χ1) is 10.9. The van der Waals surface area contributed by atoms with Gasteiger partial charge in [-0.1, -0.05) is 17.7 Å². The third kappa shape index (κ3) is 4.44. The van der Waals surface area contributed by atoms with Crippen molar-refractivity contribution in [3.8, 4) is 11.1 Å². The van der Waals surface area contributed by atoms with Crippen LogP contribution < -0.4 is 5.73 Å². The Morgan fingerprint density at radius 1 is 1.21 bits per heavy atom. The van der Waals surface area contributed by atoms with Gasteiger partial charge in [0.15, 0.2) is 0 Å². The minimum atomic E-state index is -1.09. The summed E-state index contributed by atoms with van der Waals surface area (Å²) >= 11 is 6.19. The first-order valence-corrected chi connectivity index (χ1v) is 7.20. The SMILES string of the molecule is Cl.NC[C@H](CC(=O)O)c1ccc(Cl)c(-c2cnccc2C(=O)O)c1. The molecule has 8 heteroatoms. The third-order valence-electron chi connectivity index (χ3n) is 3.51. The van der Waals surface area contributed by atoms with E-state index in [1.165, 1.54) is 18.5 Å². The fourth-order valence-corrected chi connectivity index (χ4v) is 2.57. The average Bonchev–Trinajstić information content (AvgIpc) is 2.53. The number of pyridine rings is 1. The molecule has 24 heavy (non-hydrogen) atoms. The van der Waals surface area contributed by atoms with E-state index in [4.69, 9.17) is 22.4 Å². The molecule has 0 saturated carbocycles. The van der Waals surface area contributed by atoms with E-state index in [9.17, 15) is 14.7 Å². The summed E-state index contributed by atoms with van der Waals surface area (Å²) in [7, 11) is 0. The van der Waals surface area contributed by atoms with Crippen molar-refractivity contribution in [2.45, 2.75) is 12.3 Å². The summed E-state index contributed by atoms with van der Waals surface area (Å²) in [6, 6.07) is 6.36. The number of halogens is 2. The van der Waals surface area contributed by atoms with Crippen LogP contribution >= 0.6 is 24.0 Å². The van der Waals surface area contributed by atoms with Crippen molar-refractivity contribution in [3.05, 3.63) is 52.8 Å². The first kappa shape index (κ1) is 19.9. The van der Waals surface area contributed by atoms with Crippen molar-refractivity contribution in [1.29, 1.82) is 0 Å². The molecule has 1 aromatic heterocycles. The monoisotopic (exact) mass is 370 g/mol. The molecule has 128 valence electrons. The van der Waals surface area contributed by atoms with Crippen LogP contribution in [0.25, 0.3) is 11.1 Å². The van der Waals surface area contributed by atoms with Gasteiger partial charge in [-0.3, -0.25) is 9.78 Å². The number of carboxylic acid groups (broad SMARTS) is 2. The molecule has 4 N–H and O–H groups in total. The lowest BCUT2D eigenvalue weighted by molar-refractivity contribution is -0.137. The molecule has 1 atom stereocenters. The van der Waals surface area contributed by atoms with Crippen LogP contribution in [-0.2, 0) is 4.79 Å². The smallest absolute Gasteiger partial charge is 0.336 e. The van der Waals surface area contributed by atoms with Gasteiger partial charge in [-0.05, 0) is 30.3 Å². The molecule has 0 unspecified atom stereocenters. The minimum absolute atomic E-state index is 0. The number of aliphatic carboxylic acids is 1. The van der Waals surface area contributed by atoms with Crippen LogP contribution in [0.4, 0.5) is 0 Å². The van der Waals surface area contributed by atoms with Gasteiger partial charge >= 0.3 is 11.9 Å². The molecular weight excluding hydrogens is 355 g/mol. The molecule has 6 nitrogen and oxygen atoms in total. The van der Waals surface area contributed by atoms with E-state index in [1.807, 2.05) is 0 Å². The molecule has 1 heterocycles. The Bertz CT molecular complexity index is 753. The van der Waals surface area contributed by atoms with Crippen LogP contribution in [0.1, 0.15) is 28.3 Å². The summed E-state index contributed by atoms with van der Waals surface area (Å²) in [5.41, 5.74) is 7.27. The number of aromatic nitrogens is 1. The molecule has 0 radical (unpaired) electrons. The standard InChI is InChI=1S/C16H15ClN2O4.ClH/c17-14-2-1-9(10(7-18)6-15(20)21)5-12(14)13-8-19-4-3-11(13)16(22)23;/h1-5,8,10H,6-7,18H2,(H,20,21)(H,22,23);1H/t10-;/m0./s1. The number of nitrogens with zero attached hydrogens (tertiary/aromatic N) is 1. The summed E-state index contributed by atoms with van der Waals surface area (Å²) in [6.07, 6.45) is 2.69. The maximum Gasteiger partial charge on any atom is 0.336 e. The van der Waals surface area contributed by atoms with Gasteiger partial charge in [0.2, 0.25) is 0 Å². The maximum absolute atomic E-state index is 11.4. The molecule has 0 bridgehead atoms. The van der Waals surface area contributed by atoms with Crippen molar-refractivity contribution in [1.82, 2.24) is 4.98 Å². The molecule has 2 rings (SSSR count). The molecule has 0 fully saturated rings. The zero-order valence-corrected chi connectivity index (χ0v) is 14.0. The minimum Gasteiger partial charge on any atom is -0.481 e. The largest absolute Gasteiger partial charge is 0.481 e. The first-order valence-electron chi connectivity index (χ1n) is 6.83. The molecule has 0 aliphatic carbocycles. The zero-order valence-electron chi connectivity index (χ0n) is 12.5. The second-order valence-electron chi connectivity index (χ2n) is 5.00. The van der Waals surface area contributed by atoms with Crippen molar-refractivity contribution in [3.63, 3.8) is 0 Å². The summed E-state index contributed by atoms with van der Waals surface area (Å²) in [4.78, 5) is 26.2. The fourth-order valence-electron chi connectivity index (χ4n) is 2.35. The Morgan fingerprint density at radius 2 is 1.92 bits per heavy atom. The number of nitrogens with two attached hydrogens (primary N) is 1. The zero-order chi connectivity index (χ0) is 17.0. The van der Waals surface area contributed by atoms with Crippen LogP contribution in [0.15, 0.2) is 36.7 Å². The number of carboxylic acids is 2. The third-order valence-corrected chi connectivity index (χ3v) is 3.84. The molecule has 0 saturated heterocycles. The number of hydrogen-bond acceptors (Lipinski definition) is 4. The second kappa shape index (κ2) is 8.63. The molecule has 2 aromatic rings. The highest BCUT2D eigenvalue weighted by atomic mass is 35.5. The summed E-state index contributed by atoms with van der Waals surface area (Å²) < 4.78 is 0. The van der Waals surface area contributed by atoms with Gasteiger partial charge in [-0.25, -0.2) is 4.79 Å². The van der Waals surface area contributed by atoms with Crippen molar-refractivity contribution in [2.24, 2.45) is 5.73 Å². The lowest BCUT2D eigenvalue weighted by Gasteiger charge is -2.16. The molecule has 1 aromatic carbocycles. The summed E-state index contributed by atoms with van der Waals surface area (Å²) in [5.74, 6) is -2.43. The predicted octanol–water partition coefficient (Wildman–Crippen LogP) is 3.04. The predicted molar refractivity (Wildman–Crippen MR) is 92.9 cm³/mol. The number of rotatable bonds is 6. The summed E-state index contributed by atoms with van der Waals surface area (Å²) in [5, 5.41) is 18.6. The van der Waals surface area contributed by atoms with Crippen LogP contribution in [0.3, 0.4) is 0 Å². The Morgan fingerprint density at radius 3 is 2.50 bits per heavy atom. The topological polar surface area (TPSA) is 114 Å². The van der Waals surface area contributed by atoms with E-state index in [0.717, 1.165) is 0 Å². The lowest BCUT2D eigenvalue weighted by Crippen LogP contribution is -2.16. The van der Waals surface area contributed by atoms with Crippen molar-refractivity contribution >= 4 is 35.9 Å². The molecule has 0 amide bonds. The van der Waals surface area contributed by atoms with E-state index >= 15 is 0 Å². The molecular formula is C16H16Cl2N2O4. The Labute approximate surface area is 149 Å². The Kier molecular flexibility index (Phi) is 7.16. The number of aromatic carboxylic acids is 1. The lowest BCUT2D eigenvalue weighted by atomic mass is 9.92. The normalized spacial score (nSPS) is 11.4. The highest BCUT2D eigenvalue weighted by molar-refractivity contribution is 6.33. The molecule has 0 aliphatic rings. The van der Waals surface area contributed by atoms with Crippen molar-refractivity contribution < 1.29 is 19.8 Å². The van der Waals surface area contributed by atoms with Gasteiger partial charge in [0.05, 0.1) is 12.0 Å². The maximum atomic E-state index is 11.4. The van der Waals surface area contributed by atoms with Gasteiger partial charge in [0, 0.05) is 34.5 Å². The van der Waals surface area contributed by atoms with E-state index in [2.05, 4.69) is 4.98 Å². The average molecular weight is 371 g/mol. The van der Waals surface area contributed by atoms with E-state index in [1.54, 1.807) is 18.2 Å². The number of carbonyl (C=O) groups is 2. The Hall–Kier alpha value is -2.15. The van der Waals surface area contributed by atoms with Crippen molar-refractivity contribution in [2.75, 3.05) is 6.54 Å². The van der Waals surface area contributed by atoms with Gasteiger partial charge in [0.1, 0.15) is 0 Å².